The summed E-state index contributed by atoms with van der Waals surface area (Å²) in [5.41, 5.74) is 0.318. The minimum Gasteiger partial charge on any atom is -0.379 e. The van der Waals surface area contributed by atoms with Crippen LogP contribution < -0.4 is 5.32 Å². The van der Waals surface area contributed by atoms with E-state index in [1.807, 2.05) is 6.07 Å². The molecule has 1 unspecified atom stereocenters. The zero-order valence-electron chi connectivity index (χ0n) is 11.2. The van der Waals surface area contributed by atoms with Crippen LogP contribution in [0.4, 0.5) is 11.4 Å². The minimum atomic E-state index is -0.516. The van der Waals surface area contributed by atoms with Gasteiger partial charge in [-0.05, 0) is 37.8 Å². The molecular formula is C14H17N3O3. The topological polar surface area (TPSA) is 88.2 Å². The van der Waals surface area contributed by atoms with Crippen molar-refractivity contribution >= 4 is 11.4 Å². The van der Waals surface area contributed by atoms with Crippen molar-refractivity contribution in [2.45, 2.75) is 31.8 Å². The van der Waals surface area contributed by atoms with Gasteiger partial charge >= 0.3 is 5.69 Å². The van der Waals surface area contributed by atoms with Gasteiger partial charge in [0.2, 0.25) is 0 Å². The predicted molar refractivity (Wildman–Crippen MR) is 74.5 cm³/mol. The molecule has 2 rings (SSSR count). The molecule has 0 spiro atoms. The molecule has 1 saturated heterocycles. The van der Waals surface area contributed by atoms with Gasteiger partial charge in [0, 0.05) is 13.2 Å². The molecule has 1 aliphatic rings. The first kappa shape index (κ1) is 14.3. The lowest BCUT2D eigenvalue weighted by molar-refractivity contribution is -0.384. The number of hydrogen-bond donors (Lipinski definition) is 1. The lowest BCUT2D eigenvalue weighted by Gasteiger charge is -2.22. The number of para-hydroxylation sites is 1. The molecule has 0 saturated carbocycles. The van der Waals surface area contributed by atoms with Crippen molar-refractivity contribution in [1.82, 2.24) is 0 Å². The normalized spacial score (nSPS) is 18.2. The average Bonchev–Trinajstić information content (AvgIpc) is 2.47. The van der Waals surface area contributed by atoms with Gasteiger partial charge in [-0.25, -0.2) is 0 Å². The van der Waals surface area contributed by atoms with Gasteiger partial charge in [0.1, 0.15) is 17.3 Å². The number of hydrogen-bond acceptors (Lipinski definition) is 5. The standard InChI is InChI=1S/C14H17N3O3/c15-10-11-4-3-6-13(14(11)17(18)19)16-8-7-12-5-1-2-9-20-12/h3-4,6,12,16H,1-2,5,7-9H2. The molecule has 106 valence electrons. The van der Waals surface area contributed by atoms with Gasteiger partial charge in [0.25, 0.3) is 0 Å². The van der Waals surface area contributed by atoms with E-state index in [2.05, 4.69) is 5.32 Å². The van der Waals surface area contributed by atoms with E-state index in [0.29, 0.717) is 12.2 Å². The van der Waals surface area contributed by atoms with Gasteiger partial charge in [-0.2, -0.15) is 5.26 Å². The van der Waals surface area contributed by atoms with Crippen LogP contribution in [0.15, 0.2) is 18.2 Å². The van der Waals surface area contributed by atoms with Gasteiger partial charge in [-0.3, -0.25) is 10.1 Å². The smallest absolute Gasteiger partial charge is 0.309 e. The van der Waals surface area contributed by atoms with Gasteiger partial charge in [0.15, 0.2) is 0 Å². The van der Waals surface area contributed by atoms with E-state index in [-0.39, 0.29) is 17.4 Å². The third-order valence-corrected chi connectivity index (χ3v) is 3.39. The molecule has 0 bridgehead atoms. The molecular weight excluding hydrogens is 258 g/mol. The first-order valence-corrected chi connectivity index (χ1v) is 6.75. The van der Waals surface area contributed by atoms with Crippen molar-refractivity contribution in [3.63, 3.8) is 0 Å². The predicted octanol–water partition coefficient (Wildman–Crippen LogP) is 2.84. The Hall–Kier alpha value is -2.13. The fourth-order valence-corrected chi connectivity index (χ4v) is 2.38. The summed E-state index contributed by atoms with van der Waals surface area (Å²) in [4.78, 5) is 10.5. The number of benzene rings is 1. The maximum absolute atomic E-state index is 11.1. The van der Waals surface area contributed by atoms with E-state index < -0.39 is 4.92 Å². The van der Waals surface area contributed by atoms with Crippen LogP contribution in [-0.2, 0) is 4.74 Å². The maximum Gasteiger partial charge on any atom is 0.309 e. The van der Waals surface area contributed by atoms with Crippen LogP contribution in [0.5, 0.6) is 0 Å². The summed E-state index contributed by atoms with van der Waals surface area (Å²) in [5, 5.41) is 23.0. The van der Waals surface area contributed by atoms with Gasteiger partial charge in [-0.1, -0.05) is 6.07 Å². The highest BCUT2D eigenvalue weighted by molar-refractivity contribution is 5.68. The van der Waals surface area contributed by atoms with Crippen molar-refractivity contribution in [3.05, 3.63) is 33.9 Å². The van der Waals surface area contributed by atoms with Crippen molar-refractivity contribution < 1.29 is 9.66 Å². The lowest BCUT2D eigenvalue weighted by atomic mass is 10.1. The van der Waals surface area contributed by atoms with Crippen LogP contribution in [0, 0.1) is 21.4 Å². The van der Waals surface area contributed by atoms with Gasteiger partial charge in [-0.15, -0.1) is 0 Å². The van der Waals surface area contributed by atoms with E-state index >= 15 is 0 Å². The fraction of sp³-hybridized carbons (Fsp3) is 0.500. The number of nitro groups is 1. The molecule has 1 aliphatic heterocycles. The molecule has 1 N–H and O–H groups in total. The number of nitrogens with zero attached hydrogens (tertiary/aromatic N) is 2. The molecule has 1 heterocycles. The third kappa shape index (κ3) is 3.45. The second kappa shape index (κ2) is 6.87. The van der Waals surface area contributed by atoms with E-state index in [4.69, 9.17) is 10.00 Å². The molecule has 0 aromatic heterocycles. The van der Waals surface area contributed by atoms with E-state index in [1.165, 1.54) is 12.5 Å². The van der Waals surface area contributed by atoms with Crippen molar-refractivity contribution in [1.29, 1.82) is 5.26 Å². The molecule has 6 heteroatoms. The molecule has 20 heavy (non-hydrogen) atoms. The summed E-state index contributed by atoms with van der Waals surface area (Å²) < 4.78 is 5.61. The minimum absolute atomic E-state index is 0.0777. The zero-order valence-corrected chi connectivity index (χ0v) is 11.2. The van der Waals surface area contributed by atoms with E-state index in [0.717, 1.165) is 25.9 Å². The summed E-state index contributed by atoms with van der Waals surface area (Å²) in [7, 11) is 0. The summed E-state index contributed by atoms with van der Waals surface area (Å²) in [6, 6.07) is 6.57. The molecule has 0 radical (unpaired) electrons. The summed E-state index contributed by atoms with van der Waals surface area (Å²) >= 11 is 0. The number of nitrogens with one attached hydrogen (secondary N) is 1. The fourth-order valence-electron chi connectivity index (χ4n) is 2.38. The lowest BCUT2D eigenvalue weighted by Crippen LogP contribution is -2.22. The highest BCUT2D eigenvalue weighted by atomic mass is 16.6. The third-order valence-electron chi connectivity index (χ3n) is 3.39. The van der Waals surface area contributed by atoms with Crippen molar-refractivity contribution in [2.24, 2.45) is 0 Å². The highest BCUT2D eigenvalue weighted by Gasteiger charge is 2.20. The van der Waals surface area contributed by atoms with Crippen LogP contribution in [0.25, 0.3) is 0 Å². The Balaban J connectivity index is 1.98. The molecule has 1 atom stereocenters. The van der Waals surface area contributed by atoms with E-state index in [1.54, 1.807) is 12.1 Å². The quantitative estimate of drug-likeness (QED) is 0.659. The first-order chi connectivity index (χ1) is 9.72. The molecule has 6 nitrogen and oxygen atoms in total. The number of nitriles is 1. The number of anilines is 1. The molecule has 0 amide bonds. The molecule has 1 fully saturated rings. The Labute approximate surface area is 117 Å². The van der Waals surface area contributed by atoms with Crippen LogP contribution in [0.3, 0.4) is 0 Å². The van der Waals surface area contributed by atoms with Gasteiger partial charge < -0.3 is 10.1 Å². The Morgan fingerprint density at radius 3 is 3.00 bits per heavy atom. The van der Waals surface area contributed by atoms with Crippen molar-refractivity contribution in [3.8, 4) is 6.07 Å². The largest absolute Gasteiger partial charge is 0.379 e. The Morgan fingerprint density at radius 2 is 2.35 bits per heavy atom. The highest BCUT2D eigenvalue weighted by Crippen LogP contribution is 2.28. The van der Waals surface area contributed by atoms with E-state index in [9.17, 15) is 10.1 Å². The monoisotopic (exact) mass is 275 g/mol. The number of nitro benzene ring substituents is 1. The Morgan fingerprint density at radius 1 is 1.50 bits per heavy atom. The maximum atomic E-state index is 11.1. The van der Waals surface area contributed by atoms with Crippen LogP contribution in [0.2, 0.25) is 0 Å². The average molecular weight is 275 g/mol. The zero-order chi connectivity index (χ0) is 14.4. The summed E-state index contributed by atoms with van der Waals surface area (Å²) in [5.74, 6) is 0. The van der Waals surface area contributed by atoms with Gasteiger partial charge in [0.05, 0.1) is 11.0 Å². The van der Waals surface area contributed by atoms with Crippen LogP contribution in [-0.4, -0.2) is 24.2 Å². The second-order valence-electron chi connectivity index (χ2n) is 4.77. The first-order valence-electron chi connectivity index (χ1n) is 6.75. The summed E-state index contributed by atoms with van der Waals surface area (Å²) in [6.07, 6.45) is 4.37. The summed E-state index contributed by atoms with van der Waals surface area (Å²) in [6.45, 7) is 1.40. The Kier molecular flexibility index (Phi) is 4.91. The second-order valence-corrected chi connectivity index (χ2v) is 4.77. The number of rotatable bonds is 5. The van der Waals surface area contributed by atoms with Crippen LogP contribution >= 0.6 is 0 Å². The number of ether oxygens (including phenoxy) is 1. The molecule has 1 aromatic carbocycles. The SMILES string of the molecule is N#Cc1cccc(NCCC2CCCCO2)c1[N+](=O)[O-]. The van der Waals surface area contributed by atoms with Crippen molar-refractivity contribution in [2.75, 3.05) is 18.5 Å². The molecule has 0 aliphatic carbocycles. The van der Waals surface area contributed by atoms with Crippen LogP contribution in [0.1, 0.15) is 31.2 Å². The Bertz CT molecular complexity index is 519. The molecule has 1 aromatic rings.